The van der Waals surface area contributed by atoms with Gasteiger partial charge in [-0.05, 0) is 18.2 Å². The highest BCUT2D eigenvalue weighted by atomic mass is 19.4. The maximum absolute atomic E-state index is 12.9. The van der Waals surface area contributed by atoms with Crippen molar-refractivity contribution in [3.8, 4) is 5.75 Å². The van der Waals surface area contributed by atoms with Crippen LogP contribution in [0.4, 0.5) is 13.2 Å². The number of amides is 1. The number of morpholine rings is 1. The highest BCUT2D eigenvalue weighted by Crippen LogP contribution is 2.34. The number of hydrogen-bond acceptors (Lipinski definition) is 4. The van der Waals surface area contributed by atoms with E-state index in [1.165, 1.54) is 6.07 Å². The lowest BCUT2D eigenvalue weighted by atomic mass is 10.1. The van der Waals surface area contributed by atoms with Gasteiger partial charge >= 0.3 is 6.18 Å². The van der Waals surface area contributed by atoms with Crippen molar-refractivity contribution in [2.45, 2.75) is 12.3 Å². The lowest BCUT2D eigenvalue weighted by molar-refractivity contribution is -0.138. The maximum Gasteiger partial charge on any atom is 0.417 e. The van der Waals surface area contributed by atoms with Crippen LogP contribution >= 0.6 is 0 Å². The smallest absolute Gasteiger partial charge is 0.417 e. The number of alkyl halides is 3. The number of carbonyl (C=O) groups is 1. The Hall–Kier alpha value is -1.80. The molecule has 1 aliphatic rings. The molecule has 1 saturated heterocycles. The van der Waals surface area contributed by atoms with Gasteiger partial charge in [0.25, 0.3) is 0 Å². The number of hydrogen-bond donors (Lipinski definition) is 2. The van der Waals surface area contributed by atoms with Gasteiger partial charge in [-0.2, -0.15) is 13.2 Å². The molecule has 3 N–H and O–H groups in total. The molecule has 0 saturated carbocycles. The topological polar surface area (TPSA) is 73.6 Å². The van der Waals surface area contributed by atoms with Crippen molar-refractivity contribution in [3.63, 3.8) is 0 Å². The Morgan fingerprint density at radius 3 is 2.81 bits per heavy atom. The quantitative estimate of drug-likeness (QED) is 0.876. The number of primary amides is 1. The SMILES string of the molecule is NC(=O)c1ccc(OCC2CNCCO2)cc1C(F)(F)F. The predicted octanol–water partition coefficient (Wildman–Crippen LogP) is 1.17. The number of nitrogens with two attached hydrogens (primary N) is 1. The van der Waals surface area contributed by atoms with Gasteiger partial charge in [-0.3, -0.25) is 4.79 Å². The average Bonchev–Trinajstić information content (AvgIpc) is 2.45. The second kappa shape index (κ2) is 6.31. The predicted molar refractivity (Wildman–Crippen MR) is 68.1 cm³/mol. The molecule has 5 nitrogen and oxygen atoms in total. The van der Waals surface area contributed by atoms with Crippen LogP contribution in [0.2, 0.25) is 0 Å². The zero-order chi connectivity index (χ0) is 15.5. The standard InChI is InChI=1S/C13H15F3N2O3/c14-13(15,16)11-5-8(1-2-10(11)12(17)19)21-7-9-6-18-3-4-20-9/h1-2,5,9,18H,3-4,6-7H2,(H2,17,19). The Morgan fingerprint density at radius 2 is 2.24 bits per heavy atom. The summed E-state index contributed by atoms with van der Waals surface area (Å²) in [6.45, 7) is 1.97. The molecular weight excluding hydrogens is 289 g/mol. The second-order valence-electron chi connectivity index (χ2n) is 4.58. The third kappa shape index (κ3) is 4.08. The van der Waals surface area contributed by atoms with Crippen LogP contribution in [0.15, 0.2) is 18.2 Å². The number of carbonyl (C=O) groups excluding carboxylic acids is 1. The summed E-state index contributed by atoms with van der Waals surface area (Å²) in [6.07, 6.45) is -4.89. The van der Waals surface area contributed by atoms with Gasteiger partial charge in [0.15, 0.2) is 0 Å². The van der Waals surface area contributed by atoms with Crippen molar-refractivity contribution in [1.82, 2.24) is 5.32 Å². The molecule has 1 atom stereocenters. The fraction of sp³-hybridized carbons (Fsp3) is 0.462. The lowest BCUT2D eigenvalue weighted by Gasteiger charge is -2.23. The van der Waals surface area contributed by atoms with E-state index in [1.54, 1.807) is 0 Å². The summed E-state index contributed by atoms with van der Waals surface area (Å²) in [7, 11) is 0. The molecule has 2 rings (SSSR count). The third-order valence-corrected chi connectivity index (χ3v) is 3.00. The zero-order valence-electron chi connectivity index (χ0n) is 11.1. The molecule has 0 spiro atoms. The molecule has 1 heterocycles. The fourth-order valence-corrected chi connectivity index (χ4v) is 1.98. The van der Waals surface area contributed by atoms with Gasteiger partial charge in [0.2, 0.25) is 5.91 Å². The number of benzene rings is 1. The van der Waals surface area contributed by atoms with Gasteiger partial charge in [-0.25, -0.2) is 0 Å². The summed E-state index contributed by atoms with van der Waals surface area (Å²) in [5.74, 6) is -1.12. The van der Waals surface area contributed by atoms with Gasteiger partial charge in [0.05, 0.1) is 17.7 Å². The van der Waals surface area contributed by atoms with Crippen molar-refractivity contribution < 1.29 is 27.4 Å². The van der Waals surface area contributed by atoms with Crippen LogP contribution < -0.4 is 15.8 Å². The molecule has 0 radical (unpaired) electrons. The van der Waals surface area contributed by atoms with E-state index in [-0.39, 0.29) is 18.5 Å². The van der Waals surface area contributed by atoms with Crippen molar-refractivity contribution in [1.29, 1.82) is 0 Å². The van der Waals surface area contributed by atoms with E-state index in [1.807, 2.05) is 0 Å². The summed E-state index contributed by atoms with van der Waals surface area (Å²) in [6, 6.07) is 3.07. The number of nitrogens with one attached hydrogen (secondary N) is 1. The Kier molecular flexibility index (Phi) is 4.69. The lowest BCUT2D eigenvalue weighted by Crippen LogP contribution is -2.41. The van der Waals surface area contributed by atoms with Crippen LogP contribution in [-0.4, -0.2) is 38.3 Å². The first-order valence-corrected chi connectivity index (χ1v) is 6.34. The van der Waals surface area contributed by atoms with Crippen LogP contribution in [0.3, 0.4) is 0 Å². The first-order valence-electron chi connectivity index (χ1n) is 6.34. The highest BCUT2D eigenvalue weighted by molar-refractivity contribution is 5.94. The van der Waals surface area contributed by atoms with Gasteiger partial charge < -0.3 is 20.5 Å². The maximum atomic E-state index is 12.9. The molecule has 1 unspecified atom stereocenters. The van der Waals surface area contributed by atoms with Crippen molar-refractivity contribution in [3.05, 3.63) is 29.3 Å². The van der Waals surface area contributed by atoms with E-state index in [0.29, 0.717) is 13.2 Å². The van der Waals surface area contributed by atoms with Crippen LogP contribution in [0.5, 0.6) is 5.75 Å². The van der Waals surface area contributed by atoms with Crippen molar-refractivity contribution >= 4 is 5.91 Å². The van der Waals surface area contributed by atoms with Gasteiger partial charge in [0, 0.05) is 13.1 Å². The first kappa shape index (κ1) is 15.6. The molecular formula is C13H15F3N2O3. The van der Waals surface area contributed by atoms with Crippen molar-refractivity contribution in [2.24, 2.45) is 5.73 Å². The van der Waals surface area contributed by atoms with Gasteiger partial charge in [0.1, 0.15) is 18.5 Å². The fourth-order valence-electron chi connectivity index (χ4n) is 1.98. The Labute approximate surface area is 119 Å². The number of halogens is 3. The molecule has 1 aromatic rings. The number of ether oxygens (including phenoxy) is 2. The van der Waals surface area contributed by atoms with Gasteiger partial charge in [-0.1, -0.05) is 0 Å². The molecule has 1 fully saturated rings. The minimum Gasteiger partial charge on any atom is -0.491 e. The average molecular weight is 304 g/mol. The number of rotatable bonds is 4. The van der Waals surface area contributed by atoms with Crippen LogP contribution in [-0.2, 0) is 10.9 Å². The monoisotopic (exact) mass is 304 g/mol. The first-order chi connectivity index (χ1) is 9.88. The zero-order valence-corrected chi connectivity index (χ0v) is 11.1. The van der Waals surface area contributed by atoms with E-state index in [2.05, 4.69) is 5.32 Å². The summed E-state index contributed by atoms with van der Waals surface area (Å²) >= 11 is 0. The van der Waals surface area contributed by atoms with Crippen molar-refractivity contribution in [2.75, 3.05) is 26.3 Å². The molecule has 116 valence electrons. The van der Waals surface area contributed by atoms with Crippen LogP contribution in [0, 0.1) is 0 Å². The molecule has 1 aromatic carbocycles. The van der Waals surface area contributed by atoms with Gasteiger partial charge in [-0.15, -0.1) is 0 Å². The second-order valence-corrected chi connectivity index (χ2v) is 4.58. The van der Waals surface area contributed by atoms with E-state index in [0.717, 1.165) is 18.7 Å². The summed E-state index contributed by atoms with van der Waals surface area (Å²) in [4.78, 5) is 11.0. The molecule has 8 heteroatoms. The van der Waals surface area contributed by atoms with Crippen LogP contribution in [0.25, 0.3) is 0 Å². The molecule has 21 heavy (non-hydrogen) atoms. The molecule has 0 aliphatic carbocycles. The van der Waals surface area contributed by atoms with E-state index >= 15 is 0 Å². The molecule has 1 amide bonds. The minimum atomic E-state index is -4.67. The van der Waals surface area contributed by atoms with E-state index < -0.39 is 23.2 Å². The Morgan fingerprint density at radius 1 is 1.48 bits per heavy atom. The third-order valence-electron chi connectivity index (χ3n) is 3.00. The minimum absolute atomic E-state index is 0.0153. The summed E-state index contributed by atoms with van der Waals surface area (Å²) in [5.41, 5.74) is 3.26. The van der Waals surface area contributed by atoms with E-state index in [4.69, 9.17) is 15.2 Å². The normalized spacial score (nSPS) is 19.3. The summed E-state index contributed by atoms with van der Waals surface area (Å²) < 4.78 is 49.3. The molecule has 0 bridgehead atoms. The molecule has 0 aromatic heterocycles. The Bertz CT molecular complexity index is 514. The van der Waals surface area contributed by atoms with Crippen LogP contribution in [0.1, 0.15) is 15.9 Å². The summed E-state index contributed by atoms with van der Waals surface area (Å²) in [5, 5.41) is 3.08. The highest BCUT2D eigenvalue weighted by Gasteiger charge is 2.35. The van der Waals surface area contributed by atoms with E-state index in [9.17, 15) is 18.0 Å². The largest absolute Gasteiger partial charge is 0.491 e. The molecule has 1 aliphatic heterocycles. The Balaban J connectivity index is 2.11.